The van der Waals surface area contributed by atoms with Crippen LogP contribution in [0.3, 0.4) is 0 Å². The van der Waals surface area contributed by atoms with Gasteiger partial charge in [0.15, 0.2) is 0 Å². The van der Waals surface area contributed by atoms with Gasteiger partial charge in [0.05, 0.1) is 0 Å². The van der Waals surface area contributed by atoms with Gasteiger partial charge in [-0.05, 0) is 29.4 Å². The number of carboxylic acids is 1. The van der Waals surface area contributed by atoms with Gasteiger partial charge in [-0.3, -0.25) is 4.79 Å². The van der Waals surface area contributed by atoms with Crippen molar-refractivity contribution >= 4 is 5.97 Å². The molecule has 94 valence electrons. The maximum Gasteiger partial charge on any atom is 0.320 e. The van der Waals surface area contributed by atoms with Crippen LogP contribution < -0.4 is 5.73 Å². The normalized spacial score (nSPS) is 13.4. The van der Waals surface area contributed by atoms with Crippen LogP contribution in [0.25, 0.3) is 0 Å². The minimum atomic E-state index is -0.941. The first-order chi connectivity index (χ1) is 7.86. The number of aliphatic carboxylic acids is 1. The van der Waals surface area contributed by atoms with E-state index in [9.17, 15) is 4.79 Å². The highest BCUT2D eigenvalue weighted by Gasteiger charge is 2.26. The van der Waals surface area contributed by atoms with Gasteiger partial charge in [-0.15, -0.1) is 0 Å². The maximum atomic E-state index is 10.8. The molecule has 3 heteroatoms. The second-order valence-electron chi connectivity index (χ2n) is 5.08. The van der Waals surface area contributed by atoms with Crippen LogP contribution in [-0.2, 0) is 16.6 Å². The predicted molar refractivity (Wildman–Crippen MR) is 69.1 cm³/mol. The highest BCUT2D eigenvalue weighted by atomic mass is 16.4. The number of hydrogen-bond acceptors (Lipinski definition) is 2. The van der Waals surface area contributed by atoms with Gasteiger partial charge in [-0.2, -0.15) is 0 Å². The van der Waals surface area contributed by atoms with E-state index in [0.717, 1.165) is 12.0 Å². The van der Waals surface area contributed by atoms with Crippen molar-refractivity contribution in [2.45, 2.75) is 45.1 Å². The van der Waals surface area contributed by atoms with Crippen molar-refractivity contribution in [1.29, 1.82) is 0 Å². The molecule has 1 unspecified atom stereocenters. The monoisotopic (exact) mass is 235 g/mol. The van der Waals surface area contributed by atoms with Crippen molar-refractivity contribution in [3.63, 3.8) is 0 Å². The topological polar surface area (TPSA) is 63.3 Å². The SMILES string of the molecule is CCc1ccc(C(C)(C)CC(N)C(=O)O)cc1. The molecule has 1 aromatic carbocycles. The van der Waals surface area contributed by atoms with Gasteiger partial charge >= 0.3 is 5.97 Å². The van der Waals surface area contributed by atoms with Crippen LogP contribution in [0.1, 0.15) is 38.3 Å². The summed E-state index contributed by atoms with van der Waals surface area (Å²) in [6.45, 7) is 6.16. The average molecular weight is 235 g/mol. The van der Waals surface area contributed by atoms with E-state index in [0.29, 0.717) is 6.42 Å². The molecule has 3 nitrogen and oxygen atoms in total. The number of aryl methyl sites for hydroxylation is 1. The lowest BCUT2D eigenvalue weighted by Crippen LogP contribution is -2.36. The molecule has 0 aliphatic carbocycles. The van der Waals surface area contributed by atoms with Crippen LogP contribution in [0.2, 0.25) is 0 Å². The van der Waals surface area contributed by atoms with Crippen molar-refractivity contribution in [1.82, 2.24) is 0 Å². The molecule has 0 aliphatic rings. The van der Waals surface area contributed by atoms with Crippen LogP contribution in [0.15, 0.2) is 24.3 Å². The largest absolute Gasteiger partial charge is 0.480 e. The minimum absolute atomic E-state index is 0.218. The molecule has 0 spiro atoms. The van der Waals surface area contributed by atoms with E-state index < -0.39 is 12.0 Å². The zero-order chi connectivity index (χ0) is 13.1. The van der Waals surface area contributed by atoms with E-state index in [4.69, 9.17) is 10.8 Å². The van der Waals surface area contributed by atoms with Gasteiger partial charge in [0.2, 0.25) is 0 Å². The fraction of sp³-hybridized carbons (Fsp3) is 0.500. The predicted octanol–water partition coefficient (Wildman–Crippen LogP) is 2.33. The number of nitrogens with two attached hydrogens (primary N) is 1. The van der Waals surface area contributed by atoms with Crippen molar-refractivity contribution in [3.05, 3.63) is 35.4 Å². The third-order valence-electron chi connectivity index (χ3n) is 3.19. The first kappa shape index (κ1) is 13.7. The first-order valence-electron chi connectivity index (χ1n) is 5.94. The Morgan fingerprint density at radius 1 is 1.35 bits per heavy atom. The van der Waals surface area contributed by atoms with Gasteiger partial charge in [-0.1, -0.05) is 45.0 Å². The molecule has 0 aliphatic heterocycles. The molecule has 1 aromatic rings. The number of carboxylic acid groups (broad SMARTS) is 1. The number of carbonyl (C=O) groups is 1. The molecular formula is C14H21NO2. The molecule has 0 amide bonds. The van der Waals surface area contributed by atoms with Crippen molar-refractivity contribution in [2.75, 3.05) is 0 Å². The first-order valence-corrected chi connectivity index (χ1v) is 5.94. The molecule has 0 radical (unpaired) electrons. The number of benzene rings is 1. The Balaban J connectivity index is 2.84. The molecule has 1 atom stereocenters. The fourth-order valence-electron chi connectivity index (χ4n) is 1.95. The second-order valence-corrected chi connectivity index (χ2v) is 5.08. The molecule has 3 N–H and O–H groups in total. The van der Waals surface area contributed by atoms with Crippen molar-refractivity contribution < 1.29 is 9.90 Å². The molecule has 17 heavy (non-hydrogen) atoms. The van der Waals surface area contributed by atoms with E-state index in [1.807, 2.05) is 13.8 Å². The summed E-state index contributed by atoms with van der Waals surface area (Å²) in [5.41, 5.74) is 7.79. The fourth-order valence-corrected chi connectivity index (χ4v) is 1.95. The van der Waals surface area contributed by atoms with Gasteiger partial charge in [-0.25, -0.2) is 0 Å². The average Bonchev–Trinajstić information content (AvgIpc) is 2.28. The second kappa shape index (κ2) is 5.32. The van der Waals surface area contributed by atoms with E-state index in [2.05, 4.69) is 31.2 Å². The molecule has 0 heterocycles. The molecule has 0 aromatic heterocycles. The van der Waals surface area contributed by atoms with Crippen LogP contribution in [-0.4, -0.2) is 17.1 Å². The Bertz CT molecular complexity index is 382. The van der Waals surface area contributed by atoms with Gasteiger partial charge in [0, 0.05) is 0 Å². The van der Waals surface area contributed by atoms with Crippen LogP contribution in [0.4, 0.5) is 0 Å². The van der Waals surface area contributed by atoms with Gasteiger partial charge in [0.1, 0.15) is 6.04 Å². The molecular weight excluding hydrogens is 214 g/mol. The summed E-state index contributed by atoms with van der Waals surface area (Å²) in [7, 11) is 0. The molecule has 1 rings (SSSR count). The van der Waals surface area contributed by atoms with Gasteiger partial charge in [0.25, 0.3) is 0 Å². The van der Waals surface area contributed by atoms with E-state index in [1.54, 1.807) is 0 Å². The van der Waals surface area contributed by atoms with E-state index >= 15 is 0 Å². The minimum Gasteiger partial charge on any atom is -0.480 e. The maximum absolute atomic E-state index is 10.8. The standard InChI is InChI=1S/C14H21NO2/c1-4-10-5-7-11(8-6-10)14(2,3)9-12(15)13(16)17/h5-8,12H,4,9,15H2,1-3H3,(H,16,17). The highest BCUT2D eigenvalue weighted by Crippen LogP contribution is 2.28. The highest BCUT2D eigenvalue weighted by molar-refractivity contribution is 5.73. The van der Waals surface area contributed by atoms with Crippen LogP contribution >= 0.6 is 0 Å². The summed E-state index contributed by atoms with van der Waals surface area (Å²) in [5.74, 6) is -0.941. The third kappa shape index (κ3) is 3.56. The lowest BCUT2D eigenvalue weighted by atomic mass is 9.79. The van der Waals surface area contributed by atoms with E-state index in [-0.39, 0.29) is 5.41 Å². The molecule has 0 saturated carbocycles. The quantitative estimate of drug-likeness (QED) is 0.823. The Hall–Kier alpha value is -1.35. The van der Waals surface area contributed by atoms with Crippen LogP contribution in [0.5, 0.6) is 0 Å². The summed E-state index contributed by atoms with van der Waals surface area (Å²) in [4.78, 5) is 10.8. The summed E-state index contributed by atoms with van der Waals surface area (Å²) < 4.78 is 0. The lowest BCUT2D eigenvalue weighted by molar-refractivity contribution is -0.139. The summed E-state index contributed by atoms with van der Waals surface area (Å²) in [6, 6.07) is 7.49. The van der Waals surface area contributed by atoms with Crippen molar-refractivity contribution in [2.24, 2.45) is 5.73 Å². The smallest absolute Gasteiger partial charge is 0.320 e. The molecule has 0 bridgehead atoms. The summed E-state index contributed by atoms with van der Waals surface area (Å²) in [5, 5.41) is 8.85. The number of hydrogen-bond donors (Lipinski definition) is 2. The van der Waals surface area contributed by atoms with Crippen molar-refractivity contribution in [3.8, 4) is 0 Å². The Labute approximate surface area is 103 Å². The summed E-state index contributed by atoms with van der Waals surface area (Å²) in [6.07, 6.45) is 1.45. The lowest BCUT2D eigenvalue weighted by Gasteiger charge is -2.27. The third-order valence-corrected chi connectivity index (χ3v) is 3.19. The summed E-state index contributed by atoms with van der Waals surface area (Å²) >= 11 is 0. The zero-order valence-corrected chi connectivity index (χ0v) is 10.7. The molecule has 0 fully saturated rings. The zero-order valence-electron chi connectivity index (χ0n) is 10.7. The Kier molecular flexibility index (Phi) is 4.29. The molecule has 0 saturated heterocycles. The Morgan fingerprint density at radius 2 is 1.88 bits per heavy atom. The van der Waals surface area contributed by atoms with E-state index in [1.165, 1.54) is 5.56 Å². The Morgan fingerprint density at radius 3 is 2.29 bits per heavy atom. The van der Waals surface area contributed by atoms with Crippen LogP contribution in [0, 0.1) is 0 Å². The van der Waals surface area contributed by atoms with Gasteiger partial charge < -0.3 is 10.8 Å². The number of rotatable bonds is 5.